The van der Waals surface area contributed by atoms with Gasteiger partial charge < -0.3 is 0 Å². The Morgan fingerprint density at radius 1 is 1.20 bits per heavy atom. The van der Waals surface area contributed by atoms with Crippen molar-refractivity contribution in [3.05, 3.63) is 0 Å². The Morgan fingerprint density at radius 3 is 1.50 bits per heavy atom. The molecule has 0 spiro atoms. The summed E-state index contributed by atoms with van der Waals surface area (Å²) in [5.41, 5.74) is 0. The molecule has 0 heterocycles. The van der Waals surface area contributed by atoms with Crippen molar-refractivity contribution >= 4 is 32.1 Å². The Labute approximate surface area is 77.0 Å². The Hall–Kier alpha value is 0.409. The summed E-state index contributed by atoms with van der Waals surface area (Å²) in [5.74, 6) is 0. The molecule has 0 unspecified atom stereocenters. The van der Waals surface area contributed by atoms with E-state index in [1.54, 1.807) is 0 Å². The van der Waals surface area contributed by atoms with E-state index in [1.807, 2.05) is 0 Å². The van der Waals surface area contributed by atoms with Gasteiger partial charge in [0, 0.05) is 0 Å². The molecule has 0 atom stereocenters. The number of rotatable bonds is 2. The van der Waals surface area contributed by atoms with Crippen LogP contribution in [0.3, 0.4) is 0 Å². The van der Waals surface area contributed by atoms with E-state index in [1.165, 1.54) is 0 Å². The molecule has 0 rings (SSSR count). The molecule has 0 bridgehead atoms. The standard InChI is InChI=1S/C7H14NSSe/c1-5(2)8(6(3)4)7(9)10/h5-6H,1-4H3. The van der Waals surface area contributed by atoms with Crippen LogP contribution in [-0.2, 0) is 0 Å². The molecule has 59 valence electrons. The first-order valence-electron chi connectivity index (χ1n) is 3.46. The minimum atomic E-state index is 0.494. The van der Waals surface area contributed by atoms with Crippen molar-refractivity contribution in [2.45, 2.75) is 39.8 Å². The third-order valence-corrected chi connectivity index (χ3v) is 1.98. The Morgan fingerprint density at radius 2 is 1.50 bits per heavy atom. The normalized spacial score (nSPS) is 10.6. The summed E-state index contributed by atoms with van der Waals surface area (Å²) in [4.78, 5) is 2.18. The summed E-state index contributed by atoms with van der Waals surface area (Å²) >= 11 is 7.90. The summed E-state index contributed by atoms with van der Waals surface area (Å²) in [6, 6.07) is 0.988. The van der Waals surface area contributed by atoms with Gasteiger partial charge in [-0.1, -0.05) is 0 Å². The summed E-state index contributed by atoms with van der Waals surface area (Å²) in [6.07, 6.45) is 0. The molecular formula is C7H14NSSe. The molecular weight excluding hydrogens is 209 g/mol. The predicted molar refractivity (Wildman–Crippen MR) is 50.5 cm³/mol. The number of hydrogen-bond acceptors (Lipinski definition) is 1. The molecule has 0 saturated carbocycles. The summed E-state index contributed by atoms with van der Waals surface area (Å²) in [6.45, 7) is 8.57. The van der Waals surface area contributed by atoms with Crippen molar-refractivity contribution < 1.29 is 0 Å². The van der Waals surface area contributed by atoms with Gasteiger partial charge in [-0.25, -0.2) is 0 Å². The van der Waals surface area contributed by atoms with Crippen LogP contribution >= 0.6 is 12.2 Å². The topological polar surface area (TPSA) is 3.24 Å². The van der Waals surface area contributed by atoms with Crippen LogP contribution in [-0.4, -0.2) is 36.9 Å². The van der Waals surface area contributed by atoms with Gasteiger partial charge in [-0.15, -0.1) is 0 Å². The van der Waals surface area contributed by atoms with E-state index in [0.717, 1.165) is 3.89 Å². The maximum atomic E-state index is 5.04. The third-order valence-electron chi connectivity index (χ3n) is 1.32. The van der Waals surface area contributed by atoms with Gasteiger partial charge in [0.1, 0.15) is 0 Å². The van der Waals surface area contributed by atoms with Crippen LogP contribution in [0.25, 0.3) is 0 Å². The molecule has 0 aliphatic carbocycles. The van der Waals surface area contributed by atoms with Gasteiger partial charge in [-0.3, -0.25) is 0 Å². The third kappa shape index (κ3) is 3.00. The van der Waals surface area contributed by atoms with E-state index in [2.05, 4.69) is 48.6 Å². The predicted octanol–water partition coefficient (Wildman–Crippen LogP) is 1.56. The van der Waals surface area contributed by atoms with Crippen LogP contribution in [0.1, 0.15) is 27.7 Å². The second-order valence-electron chi connectivity index (χ2n) is 2.86. The van der Waals surface area contributed by atoms with Crippen LogP contribution in [0.5, 0.6) is 0 Å². The molecule has 0 aromatic carbocycles. The SMILES string of the molecule is CC(C)N(C(=S)[Se])C(C)C. The molecule has 3 heteroatoms. The van der Waals surface area contributed by atoms with Gasteiger partial charge in [-0.2, -0.15) is 0 Å². The van der Waals surface area contributed by atoms with Gasteiger partial charge >= 0.3 is 76.8 Å². The summed E-state index contributed by atoms with van der Waals surface area (Å²) < 4.78 is 0.866. The second-order valence-corrected chi connectivity index (χ2v) is 4.64. The van der Waals surface area contributed by atoms with Crippen molar-refractivity contribution in [2.75, 3.05) is 0 Å². The van der Waals surface area contributed by atoms with Gasteiger partial charge in [0.15, 0.2) is 0 Å². The monoisotopic (exact) mass is 224 g/mol. The van der Waals surface area contributed by atoms with Crippen LogP contribution < -0.4 is 0 Å². The average Bonchev–Trinajstić information content (AvgIpc) is 1.59. The van der Waals surface area contributed by atoms with E-state index in [0.29, 0.717) is 12.1 Å². The molecule has 0 saturated heterocycles. The van der Waals surface area contributed by atoms with Gasteiger partial charge in [-0.05, 0) is 0 Å². The first kappa shape index (κ1) is 10.4. The fourth-order valence-electron chi connectivity index (χ4n) is 1.02. The van der Waals surface area contributed by atoms with Gasteiger partial charge in [0.25, 0.3) is 0 Å². The van der Waals surface area contributed by atoms with E-state index < -0.39 is 0 Å². The molecule has 0 N–H and O–H groups in total. The molecule has 0 aromatic heterocycles. The molecule has 0 fully saturated rings. The van der Waals surface area contributed by atoms with Crippen molar-refractivity contribution in [1.29, 1.82) is 0 Å². The second kappa shape index (κ2) is 4.32. The Kier molecular flexibility index (Phi) is 4.50. The van der Waals surface area contributed by atoms with E-state index in [9.17, 15) is 0 Å². The van der Waals surface area contributed by atoms with E-state index >= 15 is 0 Å². The zero-order valence-corrected chi connectivity index (χ0v) is 9.45. The van der Waals surface area contributed by atoms with Crippen molar-refractivity contribution in [2.24, 2.45) is 0 Å². The molecule has 0 aliphatic heterocycles. The van der Waals surface area contributed by atoms with E-state index in [4.69, 9.17) is 12.2 Å². The van der Waals surface area contributed by atoms with Crippen molar-refractivity contribution in [1.82, 2.24) is 4.90 Å². The molecule has 10 heavy (non-hydrogen) atoms. The fourth-order valence-corrected chi connectivity index (χ4v) is 2.32. The van der Waals surface area contributed by atoms with Gasteiger partial charge in [0.2, 0.25) is 0 Å². The number of thiocarbonyl (C=S) groups is 1. The van der Waals surface area contributed by atoms with Crippen molar-refractivity contribution in [3.63, 3.8) is 0 Å². The molecule has 1 nitrogen and oxygen atoms in total. The average molecular weight is 223 g/mol. The van der Waals surface area contributed by atoms with Crippen LogP contribution in [0.4, 0.5) is 0 Å². The first-order chi connectivity index (χ1) is 4.46. The quantitative estimate of drug-likeness (QED) is 0.516. The zero-order valence-electron chi connectivity index (χ0n) is 6.92. The van der Waals surface area contributed by atoms with Crippen LogP contribution in [0.15, 0.2) is 0 Å². The van der Waals surface area contributed by atoms with E-state index in [-0.39, 0.29) is 0 Å². The molecule has 0 aliphatic rings. The molecule has 0 amide bonds. The van der Waals surface area contributed by atoms with Gasteiger partial charge in [0.05, 0.1) is 0 Å². The summed E-state index contributed by atoms with van der Waals surface area (Å²) in [5, 5.41) is 0. The molecule has 1 radical (unpaired) electrons. The first-order valence-corrected chi connectivity index (χ1v) is 4.72. The van der Waals surface area contributed by atoms with Crippen LogP contribution in [0.2, 0.25) is 0 Å². The number of hydrogen-bond donors (Lipinski definition) is 0. The Balaban J connectivity index is 4.12. The number of nitrogens with zero attached hydrogens (tertiary/aromatic N) is 1. The van der Waals surface area contributed by atoms with Crippen molar-refractivity contribution in [3.8, 4) is 0 Å². The Bertz CT molecular complexity index is 115. The van der Waals surface area contributed by atoms with Crippen LogP contribution in [0, 0.1) is 0 Å². The fraction of sp³-hybridized carbons (Fsp3) is 0.857. The summed E-state index contributed by atoms with van der Waals surface area (Å²) in [7, 11) is 0. The maximum absolute atomic E-state index is 5.04. The minimum absolute atomic E-state index is 0.494. The zero-order chi connectivity index (χ0) is 8.31. The molecule has 0 aromatic rings.